The highest BCUT2D eigenvalue weighted by Gasteiger charge is 2.32. The Hall–Kier alpha value is -1.05. The molecule has 1 aliphatic carbocycles. The summed E-state index contributed by atoms with van der Waals surface area (Å²) in [6, 6.07) is 0.283. The van der Waals surface area contributed by atoms with E-state index in [1.807, 2.05) is 13.0 Å². The van der Waals surface area contributed by atoms with E-state index in [-0.39, 0.29) is 11.9 Å². The zero-order valence-electron chi connectivity index (χ0n) is 6.50. The number of carbonyl (C=O) groups is 1. The second-order valence-corrected chi connectivity index (χ2v) is 3.11. The normalized spacial score (nSPS) is 34.6. The Balaban J connectivity index is 2.34. The Morgan fingerprint density at radius 2 is 2.45 bits per heavy atom. The van der Waals surface area contributed by atoms with Crippen molar-refractivity contribution in [3.05, 3.63) is 23.8 Å². The molecule has 1 heterocycles. The number of hydrogen-bond donors (Lipinski definition) is 1. The lowest BCUT2D eigenvalue weighted by Crippen LogP contribution is -2.24. The topological polar surface area (TPSA) is 29.1 Å². The van der Waals surface area contributed by atoms with E-state index in [2.05, 4.69) is 17.5 Å². The van der Waals surface area contributed by atoms with Crippen molar-refractivity contribution in [1.29, 1.82) is 0 Å². The van der Waals surface area contributed by atoms with Crippen molar-refractivity contribution >= 4 is 5.91 Å². The van der Waals surface area contributed by atoms with E-state index in [4.69, 9.17) is 0 Å². The molecular weight excluding hydrogens is 138 g/mol. The summed E-state index contributed by atoms with van der Waals surface area (Å²) < 4.78 is 0. The van der Waals surface area contributed by atoms with Crippen LogP contribution in [0.3, 0.4) is 0 Å². The molecule has 2 rings (SSSR count). The fraction of sp³-hybridized carbons (Fsp3) is 0.444. The maximum Gasteiger partial charge on any atom is 0.247 e. The van der Waals surface area contributed by atoms with Crippen molar-refractivity contribution in [1.82, 2.24) is 5.32 Å². The van der Waals surface area contributed by atoms with E-state index in [0.717, 1.165) is 12.0 Å². The van der Waals surface area contributed by atoms with Gasteiger partial charge in [-0.3, -0.25) is 4.79 Å². The van der Waals surface area contributed by atoms with Crippen LogP contribution in [0.2, 0.25) is 0 Å². The first-order valence-electron chi connectivity index (χ1n) is 3.96. The van der Waals surface area contributed by atoms with Crippen LogP contribution in [0.4, 0.5) is 0 Å². The van der Waals surface area contributed by atoms with E-state index in [1.54, 1.807) is 0 Å². The minimum Gasteiger partial charge on any atom is -0.349 e. The van der Waals surface area contributed by atoms with Crippen LogP contribution in [0.1, 0.15) is 13.3 Å². The molecule has 1 saturated heterocycles. The maximum atomic E-state index is 11.2. The quantitative estimate of drug-likeness (QED) is 0.512. The molecular formula is C9H11NO. The number of amides is 1. The van der Waals surface area contributed by atoms with Gasteiger partial charge < -0.3 is 5.32 Å². The molecule has 2 atom stereocenters. The number of nitrogens with one attached hydrogen (secondary N) is 1. The molecule has 0 unspecified atom stereocenters. The molecule has 2 heteroatoms. The Morgan fingerprint density at radius 3 is 3.18 bits per heavy atom. The third-order valence-electron chi connectivity index (χ3n) is 2.34. The highest BCUT2D eigenvalue weighted by atomic mass is 16.2. The lowest BCUT2D eigenvalue weighted by Gasteiger charge is -2.12. The summed E-state index contributed by atoms with van der Waals surface area (Å²) >= 11 is 0. The van der Waals surface area contributed by atoms with Gasteiger partial charge in [-0.05, 0) is 13.3 Å². The van der Waals surface area contributed by atoms with Gasteiger partial charge in [-0.25, -0.2) is 0 Å². The Kier molecular flexibility index (Phi) is 1.34. The van der Waals surface area contributed by atoms with Crippen LogP contribution in [0, 0.1) is 5.92 Å². The lowest BCUT2D eigenvalue weighted by atomic mass is 9.92. The van der Waals surface area contributed by atoms with Gasteiger partial charge in [-0.2, -0.15) is 0 Å². The zero-order chi connectivity index (χ0) is 7.84. The summed E-state index contributed by atoms with van der Waals surface area (Å²) in [5, 5.41) is 2.90. The molecule has 1 amide bonds. The summed E-state index contributed by atoms with van der Waals surface area (Å²) in [7, 11) is 0. The van der Waals surface area contributed by atoms with Crippen molar-refractivity contribution in [2.24, 2.45) is 5.92 Å². The fourth-order valence-electron chi connectivity index (χ4n) is 1.72. The molecule has 1 aliphatic heterocycles. The SMILES string of the molecule is C[C@H]1NC(=O)C2=CCC=C[C@H]21. The molecule has 0 aromatic rings. The summed E-state index contributed by atoms with van der Waals surface area (Å²) in [5.74, 6) is 0.447. The van der Waals surface area contributed by atoms with Crippen molar-refractivity contribution < 1.29 is 4.79 Å². The van der Waals surface area contributed by atoms with Gasteiger partial charge in [-0.1, -0.05) is 18.2 Å². The van der Waals surface area contributed by atoms with E-state index < -0.39 is 0 Å². The number of fused-ring (bicyclic) bond motifs is 1. The highest BCUT2D eigenvalue weighted by molar-refractivity contribution is 5.97. The Morgan fingerprint density at radius 1 is 1.64 bits per heavy atom. The number of allylic oxidation sites excluding steroid dienone is 2. The molecule has 0 spiro atoms. The maximum absolute atomic E-state index is 11.2. The average molecular weight is 149 g/mol. The second-order valence-electron chi connectivity index (χ2n) is 3.11. The predicted molar refractivity (Wildman–Crippen MR) is 42.9 cm³/mol. The fourth-order valence-corrected chi connectivity index (χ4v) is 1.72. The predicted octanol–water partition coefficient (Wildman–Crippen LogP) is 1.01. The van der Waals surface area contributed by atoms with Gasteiger partial charge in [0.25, 0.3) is 0 Å². The van der Waals surface area contributed by atoms with Gasteiger partial charge in [0.15, 0.2) is 0 Å². The van der Waals surface area contributed by atoms with E-state index >= 15 is 0 Å². The van der Waals surface area contributed by atoms with Crippen molar-refractivity contribution in [2.75, 3.05) is 0 Å². The molecule has 58 valence electrons. The molecule has 0 aromatic heterocycles. The number of rotatable bonds is 0. The van der Waals surface area contributed by atoms with Crippen molar-refractivity contribution in [2.45, 2.75) is 19.4 Å². The summed E-state index contributed by atoms with van der Waals surface area (Å²) in [5.41, 5.74) is 0.958. The van der Waals surface area contributed by atoms with E-state index in [1.165, 1.54) is 0 Å². The Labute approximate surface area is 66.0 Å². The van der Waals surface area contributed by atoms with Crippen LogP contribution in [-0.2, 0) is 4.79 Å². The van der Waals surface area contributed by atoms with Crippen LogP contribution in [0.5, 0.6) is 0 Å². The third kappa shape index (κ3) is 0.897. The first-order valence-corrected chi connectivity index (χ1v) is 3.96. The molecule has 0 saturated carbocycles. The molecule has 1 fully saturated rings. The smallest absolute Gasteiger partial charge is 0.247 e. The van der Waals surface area contributed by atoms with Crippen LogP contribution >= 0.6 is 0 Å². The van der Waals surface area contributed by atoms with Gasteiger partial charge in [0.2, 0.25) is 5.91 Å². The van der Waals surface area contributed by atoms with Crippen LogP contribution in [-0.4, -0.2) is 11.9 Å². The monoisotopic (exact) mass is 149 g/mol. The minimum absolute atomic E-state index is 0.117. The molecule has 0 radical (unpaired) electrons. The summed E-state index contributed by atoms with van der Waals surface area (Å²) in [6.45, 7) is 2.04. The first-order chi connectivity index (χ1) is 5.29. The minimum atomic E-state index is 0.117. The van der Waals surface area contributed by atoms with E-state index in [9.17, 15) is 4.79 Å². The van der Waals surface area contributed by atoms with Gasteiger partial charge in [-0.15, -0.1) is 0 Å². The number of carbonyl (C=O) groups excluding carboxylic acids is 1. The Bertz CT molecular complexity index is 252. The molecule has 11 heavy (non-hydrogen) atoms. The van der Waals surface area contributed by atoms with E-state index in [0.29, 0.717) is 5.92 Å². The molecule has 2 aliphatic rings. The van der Waals surface area contributed by atoms with Gasteiger partial charge in [0.05, 0.1) is 0 Å². The molecule has 0 bridgehead atoms. The van der Waals surface area contributed by atoms with Crippen molar-refractivity contribution in [3.63, 3.8) is 0 Å². The van der Waals surface area contributed by atoms with Crippen LogP contribution < -0.4 is 5.32 Å². The number of hydrogen-bond acceptors (Lipinski definition) is 1. The van der Waals surface area contributed by atoms with Crippen LogP contribution in [0.15, 0.2) is 23.8 Å². The summed E-state index contributed by atoms with van der Waals surface area (Å²) in [4.78, 5) is 11.2. The van der Waals surface area contributed by atoms with Crippen molar-refractivity contribution in [3.8, 4) is 0 Å². The second kappa shape index (κ2) is 2.22. The molecule has 1 N–H and O–H groups in total. The largest absolute Gasteiger partial charge is 0.349 e. The lowest BCUT2D eigenvalue weighted by molar-refractivity contribution is -0.116. The first kappa shape index (κ1) is 6.65. The summed E-state index contributed by atoms with van der Waals surface area (Å²) in [6.07, 6.45) is 7.16. The molecule has 2 nitrogen and oxygen atoms in total. The van der Waals surface area contributed by atoms with Crippen LogP contribution in [0.25, 0.3) is 0 Å². The van der Waals surface area contributed by atoms with Gasteiger partial charge >= 0.3 is 0 Å². The highest BCUT2D eigenvalue weighted by Crippen LogP contribution is 2.27. The average Bonchev–Trinajstić information content (AvgIpc) is 2.30. The standard InChI is InChI=1S/C9H11NO/c1-6-7-4-2-3-5-8(7)9(11)10-6/h2,4-7H,3H2,1H3,(H,10,11)/t6-,7+/m1/s1. The zero-order valence-corrected chi connectivity index (χ0v) is 6.50. The van der Waals surface area contributed by atoms with Gasteiger partial charge in [0.1, 0.15) is 0 Å². The third-order valence-corrected chi connectivity index (χ3v) is 2.34. The van der Waals surface area contributed by atoms with Gasteiger partial charge in [0, 0.05) is 17.5 Å². The molecule has 0 aromatic carbocycles.